The van der Waals surface area contributed by atoms with Crippen LogP contribution in [0.15, 0.2) is 12.3 Å². The van der Waals surface area contributed by atoms with E-state index >= 15 is 0 Å². The third-order valence-electron chi connectivity index (χ3n) is 3.10. The van der Waals surface area contributed by atoms with Crippen molar-refractivity contribution in [1.29, 1.82) is 5.41 Å². The van der Waals surface area contributed by atoms with Crippen LogP contribution in [0.4, 0.5) is 13.2 Å². The highest BCUT2D eigenvalue weighted by molar-refractivity contribution is 5.82. The van der Waals surface area contributed by atoms with Crippen LogP contribution in [0.3, 0.4) is 0 Å². The molecule has 0 bridgehead atoms. The van der Waals surface area contributed by atoms with Gasteiger partial charge in [-0.05, 0) is 18.9 Å². The molecule has 0 fully saturated rings. The second-order valence-electron chi connectivity index (χ2n) is 5.22. The van der Waals surface area contributed by atoms with E-state index < -0.39 is 11.9 Å². The van der Waals surface area contributed by atoms with Crippen molar-refractivity contribution < 1.29 is 13.2 Å². The van der Waals surface area contributed by atoms with Gasteiger partial charge in [0.2, 0.25) is 0 Å². The maximum absolute atomic E-state index is 12.3. The van der Waals surface area contributed by atoms with Gasteiger partial charge in [0, 0.05) is 18.2 Å². The van der Waals surface area contributed by atoms with Crippen molar-refractivity contribution >= 4 is 5.84 Å². The Balaban J connectivity index is 2.38. The Kier molecular flexibility index (Phi) is 4.60. The second kappa shape index (κ2) is 5.63. The molecule has 0 saturated heterocycles. The molecule has 0 spiro atoms. The first-order valence-corrected chi connectivity index (χ1v) is 6.08. The number of nitrogens with one attached hydrogen (secondary N) is 1. The summed E-state index contributed by atoms with van der Waals surface area (Å²) in [6, 6.07) is 0.972. The molecule has 0 aromatic carbocycles. The van der Waals surface area contributed by atoms with Gasteiger partial charge in [-0.25, -0.2) is 0 Å². The van der Waals surface area contributed by atoms with Gasteiger partial charge in [0.25, 0.3) is 0 Å². The number of halogens is 3. The Hall–Kier alpha value is -1.53. The summed E-state index contributed by atoms with van der Waals surface area (Å²) >= 11 is 0. The molecule has 0 atom stereocenters. The number of amidine groups is 1. The van der Waals surface area contributed by atoms with Crippen LogP contribution in [0.2, 0.25) is 0 Å². The van der Waals surface area contributed by atoms with Gasteiger partial charge < -0.3 is 5.73 Å². The minimum atomic E-state index is -4.39. The Labute approximate surface area is 110 Å². The average molecular weight is 276 g/mol. The van der Waals surface area contributed by atoms with Gasteiger partial charge in [0.15, 0.2) is 5.69 Å². The third kappa shape index (κ3) is 4.57. The Morgan fingerprint density at radius 3 is 2.47 bits per heavy atom. The van der Waals surface area contributed by atoms with E-state index in [4.69, 9.17) is 11.1 Å². The Morgan fingerprint density at radius 1 is 1.37 bits per heavy atom. The summed E-state index contributed by atoms with van der Waals surface area (Å²) in [5.74, 6) is 0.131. The lowest BCUT2D eigenvalue weighted by Gasteiger charge is -2.22. The SMILES string of the molecule is CC(C)(CCCCn1ccc(C(F)(F)F)n1)C(=N)N. The molecule has 1 rings (SSSR count). The number of aromatic nitrogens is 2. The molecule has 1 heterocycles. The summed E-state index contributed by atoms with van der Waals surface area (Å²) in [5.41, 5.74) is 4.23. The lowest BCUT2D eigenvalue weighted by molar-refractivity contribution is -0.141. The maximum atomic E-state index is 12.3. The lowest BCUT2D eigenvalue weighted by atomic mass is 9.86. The van der Waals surface area contributed by atoms with E-state index in [-0.39, 0.29) is 11.3 Å². The molecule has 7 heteroatoms. The lowest BCUT2D eigenvalue weighted by Crippen LogP contribution is -2.30. The Morgan fingerprint density at radius 2 is 2.00 bits per heavy atom. The smallest absolute Gasteiger partial charge is 0.387 e. The molecular weight excluding hydrogens is 257 g/mol. The quantitative estimate of drug-likeness (QED) is 0.476. The van der Waals surface area contributed by atoms with Crippen LogP contribution in [0.5, 0.6) is 0 Å². The predicted octanol–water partition coefficient (Wildman–Crippen LogP) is 3.03. The molecule has 0 aliphatic heterocycles. The molecule has 0 aliphatic carbocycles. The van der Waals surface area contributed by atoms with E-state index in [1.165, 1.54) is 10.9 Å². The van der Waals surface area contributed by atoms with Crippen LogP contribution in [0.25, 0.3) is 0 Å². The Bertz CT molecular complexity index is 434. The van der Waals surface area contributed by atoms with E-state index in [0.717, 1.165) is 18.9 Å². The first kappa shape index (κ1) is 15.5. The first-order chi connectivity index (χ1) is 8.63. The van der Waals surface area contributed by atoms with Crippen LogP contribution in [0, 0.1) is 10.8 Å². The molecular formula is C12H19F3N4. The second-order valence-corrected chi connectivity index (χ2v) is 5.22. The molecule has 1 aromatic rings. The van der Waals surface area contributed by atoms with Crippen LogP contribution in [0.1, 0.15) is 38.8 Å². The number of nitrogens with zero attached hydrogens (tertiary/aromatic N) is 2. The topological polar surface area (TPSA) is 67.7 Å². The summed E-state index contributed by atoms with van der Waals surface area (Å²) in [7, 11) is 0. The number of hydrogen-bond acceptors (Lipinski definition) is 2. The van der Waals surface area contributed by atoms with Gasteiger partial charge in [-0.15, -0.1) is 0 Å². The minimum Gasteiger partial charge on any atom is -0.387 e. The molecule has 0 aliphatic rings. The van der Waals surface area contributed by atoms with Crippen molar-refractivity contribution in [3.05, 3.63) is 18.0 Å². The molecule has 0 radical (unpaired) electrons. The summed E-state index contributed by atoms with van der Waals surface area (Å²) in [5, 5.41) is 10.9. The van der Waals surface area contributed by atoms with Gasteiger partial charge in [-0.3, -0.25) is 10.1 Å². The summed E-state index contributed by atoms with van der Waals surface area (Å²) < 4.78 is 38.3. The highest BCUT2D eigenvalue weighted by atomic mass is 19.4. The van der Waals surface area contributed by atoms with E-state index in [1.807, 2.05) is 13.8 Å². The highest BCUT2D eigenvalue weighted by Crippen LogP contribution is 2.27. The first-order valence-electron chi connectivity index (χ1n) is 6.08. The van der Waals surface area contributed by atoms with Crippen LogP contribution in [-0.4, -0.2) is 15.6 Å². The van der Waals surface area contributed by atoms with Gasteiger partial charge in [-0.2, -0.15) is 18.3 Å². The standard InChI is InChI=1S/C12H19F3N4/c1-11(2,10(16)17)6-3-4-7-19-8-5-9(18-19)12(13,14)15/h5,8H,3-4,6-7H2,1-2H3,(H3,16,17). The third-order valence-corrected chi connectivity index (χ3v) is 3.10. The van der Waals surface area contributed by atoms with E-state index in [9.17, 15) is 13.2 Å². The zero-order valence-electron chi connectivity index (χ0n) is 11.1. The fraction of sp³-hybridized carbons (Fsp3) is 0.667. The van der Waals surface area contributed by atoms with E-state index in [2.05, 4.69) is 5.10 Å². The molecule has 19 heavy (non-hydrogen) atoms. The number of alkyl halides is 3. The largest absolute Gasteiger partial charge is 0.435 e. The average Bonchev–Trinajstić information content (AvgIpc) is 2.72. The normalized spacial score (nSPS) is 12.7. The molecule has 4 nitrogen and oxygen atoms in total. The van der Waals surface area contributed by atoms with Crippen molar-refractivity contribution in [2.75, 3.05) is 0 Å². The fourth-order valence-corrected chi connectivity index (χ4v) is 1.61. The van der Waals surface area contributed by atoms with Crippen molar-refractivity contribution in [2.45, 2.75) is 45.8 Å². The molecule has 0 unspecified atom stereocenters. The fourth-order valence-electron chi connectivity index (χ4n) is 1.61. The molecule has 0 amide bonds. The van der Waals surface area contributed by atoms with Crippen molar-refractivity contribution in [1.82, 2.24) is 9.78 Å². The van der Waals surface area contributed by atoms with Gasteiger partial charge in [0.05, 0.1) is 5.84 Å². The number of hydrogen-bond donors (Lipinski definition) is 2. The van der Waals surface area contributed by atoms with Crippen LogP contribution < -0.4 is 5.73 Å². The highest BCUT2D eigenvalue weighted by Gasteiger charge is 2.33. The van der Waals surface area contributed by atoms with E-state index in [0.29, 0.717) is 13.0 Å². The molecule has 108 valence electrons. The summed E-state index contributed by atoms with van der Waals surface area (Å²) in [4.78, 5) is 0. The molecule has 3 N–H and O–H groups in total. The molecule has 1 aromatic heterocycles. The number of nitrogens with two attached hydrogens (primary N) is 1. The van der Waals surface area contributed by atoms with Crippen LogP contribution in [-0.2, 0) is 12.7 Å². The molecule has 0 saturated carbocycles. The van der Waals surface area contributed by atoms with E-state index in [1.54, 1.807) is 0 Å². The number of rotatable bonds is 6. The zero-order valence-corrected chi connectivity index (χ0v) is 11.1. The van der Waals surface area contributed by atoms with Crippen LogP contribution >= 0.6 is 0 Å². The summed E-state index contributed by atoms with van der Waals surface area (Å²) in [6.07, 6.45) is -0.833. The van der Waals surface area contributed by atoms with Gasteiger partial charge >= 0.3 is 6.18 Å². The predicted molar refractivity (Wildman–Crippen MR) is 66.8 cm³/mol. The van der Waals surface area contributed by atoms with Crippen molar-refractivity contribution in [2.24, 2.45) is 11.1 Å². The summed E-state index contributed by atoms with van der Waals surface area (Å²) in [6.45, 7) is 4.19. The van der Waals surface area contributed by atoms with Gasteiger partial charge in [-0.1, -0.05) is 20.3 Å². The number of aryl methyl sites for hydroxylation is 1. The monoisotopic (exact) mass is 276 g/mol. The minimum absolute atomic E-state index is 0.131. The maximum Gasteiger partial charge on any atom is 0.435 e. The number of unbranched alkanes of at least 4 members (excludes halogenated alkanes) is 1. The zero-order chi connectivity index (χ0) is 14.7. The van der Waals surface area contributed by atoms with Gasteiger partial charge in [0.1, 0.15) is 0 Å². The van der Waals surface area contributed by atoms with Crippen molar-refractivity contribution in [3.63, 3.8) is 0 Å². The van der Waals surface area contributed by atoms with Crippen molar-refractivity contribution in [3.8, 4) is 0 Å².